The fraction of sp³-hybridized carbons (Fsp3) is 0.846. The van der Waals surface area contributed by atoms with Gasteiger partial charge in [-0.1, -0.05) is 0 Å². The molecule has 2 rings (SSSR count). The van der Waals surface area contributed by atoms with Crippen molar-refractivity contribution in [2.45, 2.75) is 32.8 Å². The number of fused-ring (bicyclic) bond motifs is 1. The highest BCUT2D eigenvalue weighted by molar-refractivity contribution is 5.75. The minimum absolute atomic E-state index is 0.174. The first-order chi connectivity index (χ1) is 8.72. The van der Waals surface area contributed by atoms with Crippen LogP contribution < -0.4 is 5.73 Å². The van der Waals surface area contributed by atoms with E-state index in [0.717, 1.165) is 0 Å². The molecule has 0 aromatic carbocycles. The third-order valence-corrected chi connectivity index (χ3v) is 3.70. The monoisotopic (exact) mass is 270 g/mol. The van der Waals surface area contributed by atoms with Gasteiger partial charge < -0.3 is 20.1 Å². The summed E-state index contributed by atoms with van der Waals surface area (Å²) in [5.74, 6) is -0.172. The molecule has 2 fully saturated rings. The Bertz CT molecular complexity index is 391. The van der Waals surface area contributed by atoms with E-state index in [4.69, 9.17) is 15.2 Å². The number of carbonyl (C=O) groups is 2. The van der Waals surface area contributed by atoms with Gasteiger partial charge in [-0.2, -0.15) is 0 Å². The van der Waals surface area contributed by atoms with Gasteiger partial charge in [0, 0.05) is 30.8 Å². The van der Waals surface area contributed by atoms with Gasteiger partial charge in [-0.05, 0) is 20.8 Å². The number of ether oxygens (including phenoxy) is 2. The maximum absolute atomic E-state index is 12.1. The molecule has 0 spiro atoms. The number of primary amides is 1. The van der Waals surface area contributed by atoms with Crippen LogP contribution in [0.25, 0.3) is 0 Å². The number of hydrogen-bond donors (Lipinski definition) is 1. The number of rotatable bonds is 2. The molecule has 108 valence electrons. The van der Waals surface area contributed by atoms with Crippen LogP contribution >= 0.6 is 0 Å². The molecule has 2 atom stereocenters. The van der Waals surface area contributed by atoms with Crippen molar-refractivity contribution in [1.29, 1.82) is 0 Å². The van der Waals surface area contributed by atoms with Crippen molar-refractivity contribution in [3.05, 3.63) is 0 Å². The summed E-state index contributed by atoms with van der Waals surface area (Å²) in [6.45, 7) is 7.63. The topological polar surface area (TPSA) is 81.9 Å². The number of likely N-dealkylation sites (tertiary alicyclic amines) is 1. The summed E-state index contributed by atoms with van der Waals surface area (Å²) in [4.78, 5) is 25.0. The van der Waals surface area contributed by atoms with E-state index in [1.54, 1.807) is 4.90 Å². The Morgan fingerprint density at radius 3 is 2.74 bits per heavy atom. The fourth-order valence-electron chi connectivity index (χ4n) is 2.89. The lowest BCUT2D eigenvalue weighted by atomic mass is 9.78. The maximum atomic E-state index is 12.1. The van der Waals surface area contributed by atoms with Crippen molar-refractivity contribution in [3.8, 4) is 0 Å². The predicted molar refractivity (Wildman–Crippen MR) is 68.4 cm³/mol. The van der Waals surface area contributed by atoms with Crippen LogP contribution in [0.1, 0.15) is 27.2 Å². The first-order valence-corrected chi connectivity index (χ1v) is 6.56. The van der Waals surface area contributed by atoms with E-state index in [2.05, 4.69) is 0 Å². The zero-order valence-electron chi connectivity index (χ0n) is 11.8. The van der Waals surface area contributed by atoms with E-state index in [9.17, 15) is 9.59 Å². The van der Waals surface area contributed by atoms with Crippen LogP contribution in [0.4, 0.5) is 4.79 Å². The lowest BCUT2D eigenvalue weighted by molar-refractivity contribution is -0.120. The molecular formula is C13H22N2O4. The highest BCUT2D eigenvalue weighted by Gasteiger charge is 2.53. The highest BCUT2D eigenvalue weighted by atomic mass is 16.6. The average Bonchev–Trinajstić information content (AvgIpc) is 2.69. The Balaban J connectivity index is 2.05. The molecule has 0 unspecified atom stereocenters. The molecule has 19 heavy (non-hydrogen) atoms. The van der Waals surface area contributed by atoms with Crippen molar-refractivity contribution in [3.63, 3.8) is 0 Å². The lowest BCUT2D eigenvalue weighted by Gasteiger charge is -2.27. The second-order valence-corrected chi connectivity index (χ2v) is 6.58. The third kappa shape index (κ3) is 3.00. The molecule has 0 aromatic rings. The minimum atomic E-state index is -0.512. The number of nitrogens with two attached hydrogens (primary N) is 1. The van der Waals surface area contributed by atoms with Crippen molar-refractivity contribution >= 4 is 12.0 Å². The van der Waals surface area contributed by atoms with E-state index in [-0.39, 0.29) is 29.8 Å². The van der Waals surface area contributed by atoms with Crippen LogP contribution in [0.5, 0.6) is 0 Å². The zero-order valence-corrected chi connectivity index (χ0v) is 11.8. The Hall–Kier alpha value is -1.30. The molecular weight excluding hydrogens is 248 g/mol. The van der Waals surface area contributed by atoms with Crippen molar-refractivity contribution in [1.82, 2.24) is 4.90 Å². The summed E-state index contributed by atoms with van der Waals surface area (Å²) in [6.07, 6.45) is -0.0671. The Morgan fingerprint density at radius 2 is 2.16 bits per heavy atom. The first-order valence-electron chi connectivity index (χ1n) is 6.56. The lowest BCUT2D eigenvalue weighted by Crippen LogP contribution is -2.39. The van der Waals surface area contributed by atoms with Gasteiger partial charge in [0.1, 0.15) is 5.60 Å². The van der Waals surface area contributed by atoms with Crippen molar-refractivity contribution in [2.75, 3.05) is 26.3 Å². The van der Waals surface area contributed by atoms with Gasteiger partial charge in [0.2, 0.25) is 5.91 Å². The van der Waals surface area contributed by atoms with Crippen LogP contribution in [0, 0.1) is 11.3 Å². The van der Waals surface area contributed by atoms with Crippen molar-refractivity contribution in [2.24, 2.45) is 17.1 Å². The van der Waals surface area contributed by atoms with Crippen LogP contribution in [-0.4, -0.2) is 48.8 Å². The highest BCUT2D eigenvalue weighted by Crippen LogP contribution is 2.44. The second kappa shape index (κ2) is 4.67. The van der Waals surface area contributed by atoms with Crippen LogP contribution in [-0.2, 0) is 14.3 Å². The molecule has 6 heteroatoms. The van der Waals surface area contributed by atoms with E-state index in [1.165, 1.54) is 0 Å². The fourth-order valence-corrected chi connectivity index (χ4v) is 2.89. The van der Waals surface area contributed by atoms with Gasteiger partial charge in [0.15, 0.2) is 0 Å². The number of amides is 2. The first kappa shape index (κ1) is 14.1. The van der Waals surface area contributed by atoms with Gasteiger partial charge in [0.25, 0.3) is 0 Å². The molecule has 2 amide bonds. The standard InChI is InChI=1S/C13H22N2O4/c1-12(2,3)19-11(17)15-5-9-6-18-8-13(9,7-15)4-10(14)16/h9H,4-8H2,1-3H3,(H2,14,16)/t9-,13+/m0/s1. The smallest absolute Gasteiger partial charge is 0.410 e. The van der Waals surface area contributed by atoms with Gasteiger partial charge in [-0.15, -0.1) is 0 Å². The Kier molecular flexibility index (Phi) is 3.47. The number of carbonyl (C=O) groups excluding carboxylic acids is 2. The summed E-state index contributed by atoms with van der Waals surface area (Å²) >= 11 is 0. The second-order valence-electron chi connectivity index (χ2n) is 6.58. The van der Waals surface area contributed by atoms with Crippen LogP contribution in [0.3, 0.4) is 0 Å². The van der Waals surface area contributed by atoms with Gasteiger partial charge in [-0.3, -0.25) is 4.79 Å². The molecule has 0 aromatic heterocycles. The molecule has 0 bridgehead atoms. The van der Waals surface area contributed by atoms with Gasteiger partial charge in [0.05, 0.1) is 13.2 Å². The molecule has 2 aliphatic heterocycles. The largest absolute Gasteiger partial charge is 0.444 e. The summed E-state index contributed by atoms with van der Waals surface area (Å²) in [5.41, 5.74) is 4.49. The summed E-state index contributed by atoms with van der Waals surface area (Å²) in [6, 6.07) is 0. The molecule has 0 aliphatic carbocycles. The third-order valence-electron chi connectivity index (χ3n) is 3.70. The summed E-state index contributed by atoms with van der Waals surface area (Å²) in [5, 5.41) is 0. The van der Waals surface area contributed by atoms with Gasteiger partial charge >= 0.3 is 6.09 Å². The average molecular weight is 270 g/mol. The van der Waals surface area contributed by atoms with E-state index in [0.29, 0.717) is 26.3 Å². The van der Waals surface area contributed by atoms with Crippen molar-refractivity contribution < 1.29 is 19.1 Å². The quantitative estimate of drug-likeness (QED) is 0.802. The van der Waals surface area contributed by atoms with Crippen LogP contribution in [0.2, 0.25) is 0 Å². The maximum Gasteiger partial charge on any atom is 0.410 e. The van der Waals surface area contributed by atoms with Crippen LogP contribution in [0.15, 0.2) is 0 Å². The number of hydrogen-bond acceptors (Lipinski definition) is 4. The Labute approximate surface area is 113 Å². The Morgan fingerprint density at radius 1 is 1.47 bits per heavy atom. The SMILES string of the molecule is CC(C)(C)OC(=O)N1C[C@H]2COC[C@@]2(CC(N)=O)C1. The molecule has 2 heterocycles. The van der Waals surface area contributed by atoms with E-state index in [1.807, 2.05) is 20.8 Å². The van der Waals surface area contributed by atoms with E-state index >= 15 is 0 Å². The van der Waals surface area contributed by atoms with Gasteiger partial charge in [-0.25, -0.2) is 4.79 Å². The summed E-state index contributed by atoms with van der Waals surface area (Å²) < 4.78 is 10.8. The zero-order chi connectivity index (χ0) is 14.3. The molecule has 2 saturated heterocycles. The number of nitrogens with zero attached hydrogens (tertiary/aromatic N) is 1. The molecule has 2 N–H and O–H groups in total. The molecule has 2 aliphatic rings. The minimum Gasteiger partial charge on any atom is -0.444 e. The molecule has 6 nitrogen and oxygen atoms in total. The van der Waals surface area contributed by atoms with E-state index < -0.39 is 5.60 Å². The summed E-state index contributed by atoms with van der Waals surface area (Å²) in [7, 11) is 0. The normalized spacial score (nSPS) is 30.3. The predicted octanol–water partition coefficient (Wildman–Crippen LogP) is 0.745. The molecule has 0 radical (unpaired) electrons. The molecule has 0 saturated carbocycles.